The molecule has 0 unspecified atom stereocenters. The smallest absolute Gasteiger partial charge is 0.307 e. The van der Waals surface area contributed by atoms with Crippen LogP contribution in [0.25, 0.3) is 0 Å². The van der Waals surface area contributed by atoms with Crippen LogP contribution in [-0.4, -0.2) is 22.4 Å². The van der Waals surface area contributed by atoms with Crippen LogP contribution in [0.1, 0.15) is 38.6 Å². The lowest BCUT2D eigenvalue weighted by Gasteiger charge is -2.05. The largest absolute Gasteiger partial charge is 0.466 e. The summed E-state index contributed by atoms with van der Waals surface area (Å²) in [7, 11) is 0. The highest BCUT2D eigenvalue weighted by atomic mass is 16.5. The topological polar surface area (TPSA) is 44.1 Å². The van der Waals surface area contributed by atoms with Crippen LogP contribution in [0.3, 0.4) is 0 Å². The van der Waals surface area contributed by atoms with E-state index >= 15 is 0 Å². The first-order chi connectivity index (χ1) is 7.71. The van der Waals surface area contributed by atoms with Crippen molar-refractivity contribution < 1.29 is 9.53 Å². The van der Waals surface area contributed by atoms with Crippen LogP contribution in [0.4, 0.5) is 0 Å². The summed E-state index contributed by atoms with van der Waals surface area (Å²) >= 11 is 0. The summed E-state index contributed by atoms with van der Waals surface area (Å²) in [5, 5.41) is 4.44. The van der Waals surface area contributed by atoms with E-state index in [1.54, 1.807) is 0 Å². The van der Waals surface area contributed by atoms with Crippen LogP contribution in [0.5, 0.6) is 0 Å². The van der Waals surface area contributed by atoms with Gasteiger partial charge in [0.2, 0.25) is 0 Å². The Kier molecular flexibility index (Phi) is 5.02. The van der Waals surface area contributed by atoms with E-state index in [1.807, 2.05) is 11.6 Å². The Morgan fingerprint density at radius 1 is 1.38 bits per heavy atom. The number of esters is 1. The van der Waals surface area contributed by atoms with Crippen molar-refractivity contribution in [3.05, 3.63) is 17.5 Å². The predicted molar refractivity (Wildman–Crippen MR) is 62.2 cm³/mol. The molecule has 90 valence electrons. The zero-order valence-corrected chi connectivity index (χ0v) is 10.3. The second kappa shape index (κ2) is 6.30. The van der Waals surface area contributed by atoms with Gasteiger partial charge in [0.05, 0.1) is 25.3 Å². The molecular weight excluding hydrogens is 204 g/mol. The van der Waals surface area contributed by atoms with Crippen LogP contribution in [0.15, 0.2) is 6.07 Å². The maximum absolute atomic E-state index is 11.2. The molecule has 0 aliphatic rings. The minimum atomic E-state index is -0.155. The summed E-state index contributed by atoms with van der Waals surface area (Å²) in [5.74, 6) is -0.155. The third-order valence-electron chi connectivity index (χ3n) is 2.47. The second-order valence-electron chi connectivity index (χ2n) is 3.61. The number of carbonyl (C=O) groups excluding carboxylic acids is 1. The molecule has 1 rings (SSSR count). The lowest BCUT2D eigenvalue weighted by atomic mass is 10.2. The zero-order valence-electron chi connectivity index (χ0n) is 10.3. The van der Waals surface area contributed by atoms with Crippen molar-refractivity contribution in [2.24, 2.45) is 0 Å². The molecule has 0 saturated heterocycles. The lowest BCUT2D eigenvalue weighted by Crippen LogP contribution is -2.11. The molecule has 0 spiro atoms. The van der Waals surface area contributed by atoms with Gasteiger partial charge < -0.3 is 4.74 Å². The molecule has 0 aliphatic heterocycles. The van der Waals surface area contributed by atoms with Gasteiger partial charge in [-0.05, 0) is 25.8 Å². The Morgan fingerprint density at radius 2 is 2.12 bits per heavy atom. The van der Waals surface area contributed by atoms with Gasteiger partial charge in [-0.1, -0.05) is 13.8 Å². The lowest BCUT2D eigenvalue weighted by molar-refractivity contribution is -0.143. The average Bonchev–Trinajstić information content (AvgIpc) is 2.69. The molecule has 1 aromatic rings. The number of rotatable bonds is 6. The molecule has 0 N–H and O–H groups in total. The molecule has 0 amide bonds. The van der Waals surface area contributed by atoms with Crippen LogP contribution >= 0.6 is 0 Å². The number of carbonyl (C=O) groups is 1. The third kappa shape index (κ3) is 3.36. The Labute approximate surface area is 96.6 Å². The van der Waals surface area contributed by atoms with E-state index in [9.17, 15) is 4.79 Å². The van der Waals surface area contributed by atoms with Gasteiger partial charge in [0.15, 0.2) is 0 Å². The Bertz CT molecular complexity index is 345. The van der Waals surface area contributed by atoms with E-state index < -0.39 is 0 Å². The molecule has 0 bridgehead atoms. The van der Waals surface area contributed by atoms with Gasteiger partial charge >= 0.3 is 5.97 Å². The van der Waals surface area contributed by atoms with Crippen molar-refractivity contribution in [3.63, 3.8) is 0 Å². The molecule has 0 aliphatic carbocycles. The van der Waals surface area contributed by atoms with E-state index in [-0.39, 0.29) is 5.97 Å². The maximum Gasteiger partial charge on any atom is 0.307 e. The molecule has 1 aromatic heterocycles. The fourth-order valence-electron chi connectivity index (χ4n) is 1.60. The molecule has 0 aromatic carbocycles. The van der Waals surface area contributed by atoms with Crippen LogP contribution in [0.2, 0.25) is 0 Å². The number of aromatic nitrogens is 2. The number of nitrogens with zero attached hydrogens (tertiary/aromatic N) is 2. The Hall–Kier alpha value is -1.32. The van der Waals surface area contributed by atoms with E-state index in [4.69, 9.17) is 4.74 Å². The van der Waals surface area contributed by atoms with Crippen molar-refractivity contribution in [1.82, 2.24) is 9.78 Å². The fourth-order valence-corrected chi connectivity index (χ4v) is 1.60. The molecule has 0 radical (unpaired) electrons. The number of hydrogen-bond acceptors (Lipinski definition) is 3. The van der Waals surface area contributed by atoms with E-state index in [0.717, 1.165) is 18.5 Å². The van der Waals surface area contributed by atoms with E-state index in [0.29, 0.717) is 19.6 Å². The molecular formula is C12H20N2O2. The summed E-state index contributed by atoms with van der Waals surface area (Å²) < 4.78 is 6.80. The van der Waals surface area contributed by atoms with Crippen molar-refractivity contribution in [1.29, 1.82) is 0 Å². The summed E-state index contributed by atoms with van der Waals surface area (Å²) in [6.07, 6.45) is 2.26. The summed E-state index contributed by atoms with van der Waals surface area (Å²) in [4.78, 5) is 11.2. The van der Waals surface area contributed by atoms with Crippen molar-refractivity contribution in [3.8, 4) is 0 Å². The summed E-state index contributed by atoms with van der Waals surface area (Å²) in [6.45, 7) is 7.05. The van der Waals surface area contributed by atoms with Gasteiger partial charge in [-0.3, -0.25) is 9.48 Å². The zero-order chi connectivity index (χ0) is 12.0. The van der Waals surface area contributed by atoms with Gasteiger partial charge in [-0.15, -0.1) is 0 Å². The van der Waals surface area contributed by atoms with E-state index in [1.165, 1.54) is 5.69 Å². The minimum Gasteiger partial charge on any atom is -0.466 e. The molecule has 0 atom stereocenters. The first-order valence-corrected chi connectivity index (χ1v) is 5.92. The van der Waals surface area contributed by atoms with Crippen LogP contribution in [0, 0.1) is 0 Å². The maximum atomic E-state index is 11.2. The summed E-state index contributed by atoms with van der Waals surface area (Å²) in [6, 6.07) is 2.10. The highest BCUT2D eigenvalue weighted by Crippen LogP contribution is 2.07. The van der Waals surface area contributed by atoms with Gasteiger partial charge in [-0.2, -0.15) is 5.10 Å². The van der Waals surface area contributed by atoms with Crippen molar-refractivity contribution >= 4 is 5.97 Å². The molecule has 0 saturated carbocycles. The molecule has 4 heteroatoms. The predicted octanol–water partition coefficient (Wildman–Crippen LogP) is 1.96. The van der Waals surface area contributed by atoms with Crippen molar-refractivity contribution in [2.45, 2.75) is 46.6 Å². The average molecular weight is 224 g/mol. The Balaban J connectivity index is 2.58. The monoisotopic (exact) mass is 224 g/mol. The highest BCUT2D eigenvalue weighted by molar-refractivity contribution is 5.69. The molecule has 4 nitrogen and oxygen atoms in total. The summed E-state index contributed by atoms with van der Waals surface area (Å²) in [5.41, 5.74) is 2.27. The number of ether oxygens (including phenoxy) is 1. The van der Waals surface area contributed by atoms with Gasteiger partial charge in [0.1, 0.15) is 0 Å². The second-order valence-corrected chi connectivity index (χ2v) is 3.61. The number of hydrogen-bond donors (Lipinski definition) is 0. The Morgan fingerprint density at radius 3 is 2.69 bits per heavy atom. The molecule has 1 heterocycles. The molecule has 0 fully saturated rings. The van der Waals surface area contributed by atoms with Crippen molar-refractivity contribution in [2.75, 3.05) is 6.61 Å². The van der Waals surface area contributed by atoms with Gasteiger partial charge in [0.25, 0.3) is 0 Å². The molecule has 16 heavy (non-hydrogen) atoms. The van der Waals surface area contributed by atoms with Crippen LogP contribution in [-0.2, 0) is 28.9 Å². The first kappa shape index (κ1) is 12.7. The normalized spacial score (nSPS) is 10.4. The van der Waals surface area contributed by atoms with Gasteiger partial charge in [0, 0.05) is 5.69 Å². The fraction of sp³-hybridized carbons (Fsp3) is 0.667. The number of aryl methyl sites for hydroxylation is 3. The first-order valence-electron chi connectivity index (χ1n) is 5.92. The SMILES string of the molecule is CCOC(=O)CCn1nc(CC)cc1CC. The van der Waals surface area contributed by atoms with Crippen LogP contribution < -0.4 is 0 Å². The third-order valence-corrected chi connectivity index (χ3v) is 2.47. The quantitative estimate of drug-likeness (QED) is 0.694. The minimum absolute atomic E-state index is 0.155. The van der Waals surface area contributed by atoms with E-state index in [2.05, 4.69) is 25.0 Å². The van der Waals surface area contributed by atoms with Gasteiger partial charge in [-0.25, -0.2) is 0 Å². The highest BCUT2D eigenvalue weighted by Gasteiger charge is 2.07. The standard InChI is InChI=1S/C12H20N2O2/c1-4-10-9-11(5-2)14(13-10)8-7-12(15)16-6-3/h9H,4-8H2,1-3H3.